The molecule has 0 saturated heterocycles. The SMILES string of the molecule is CNS(=O)(=O)c1ccc2c(c1)nc(N(C)C(C)C)n2-c1ccc(F)cc1. The second-order valence-electron chi connectivity index (χ2n) is 6.29. The van der Waals surface area contributed by atoms with Crippen molar-refractivity contribution in [2.75, 3.05) is 19.0 Å². The van der Waals surface area contributed by atoms with Crippen molar-refractivity contribution in [3.8, 4) is 5.69 Å². The largest absolute Gasteiger partial charge is 0.343 e. The Kier molecular flexibility index (Phi) is 4.72. The number of hydrogen-bond acceptors (Lipinski definition) is 4. The fourth-order valence-electron chi connectivity index (χ4n) is 2.64. The summed E-state index contributed by atoms with van der Waals surface area (Å²) in [5.74, 6) is 0.333. The third-order valence-corrected chi connectivity index (χ3v) is 5.77. The van der Waals surface area contributed by atoms with Crippen molar-refractivity contribution in [1.29, 1.82) is 0 Å². The summed E-state index contributed by atoms with van der Waals surface area (Å²) in [7, 11) is -0.279. The van der Waals surface area contributed by atoms with E-state index in [-0.39, 0.29) is 16.8 Å². The van der Waals surface area contributed by atoms with Crippen LogP contribution >= 0.6 is 0 Å². The molecule has 0 atom stereocenters. The summed E-state index contributed by atoms with van der Waals surface area (Å²) >= 11 is 0. The molecule has 1 N–H and O–H groups in total. The Morgan fingerprint density at radius 2 is 1.81 bits per heavy atom. The smallest absolute Gasteiger partial charge is 0.240 e. The van der Waals surface area contributed by atoms with E-state index >= 15 is 0 Å². The zero-order chi connectivity index (χ0) is 19.1. The van der Waals surface area contributed by atoms with Crippen molar-refractivity contribution in [2.24, 2.45) is 0 Å². The van der Waals surface area contributed by atoms with E-state index in [9.17, 15) is 12.8 Å². The quantitative estimate of drug-likeness (QED) is 0.744. The highest BCUT2D eigenvalue weighted by Gasteiger charge is 2.20. The summed E-state index contributed by atoms with van der Waals surface area (Å²) in [6, 6.07) is 11.1. The molecule has 0 amide bonds. The Bertz CT molecular complexity index is 1040. The van der Waals surface area contributed by atoms with E-state index in [0.29, 0.717) is 11.5 Å². The van der Waals surface area contributed by atoms with E-state index in [0.717, 1.165) is 11.2 Å². The van der Waals surface area contributed by atoms with E-state index in [4.69, 9.17) is 0 Å². The molecule has 26 heavy (non-hydrogen) atoms. The molecule has 8 heteroatoms. The average molecular weight is 376 g/mol. The van der Waals surface area contributed by atoms with Crippen LogP contribution < -0.4 is 9.62 Å². The van der Waals surface area contributed by atoms with E-state index in [1.165, 1.54) is 25.2 Å². The number of benzene rings is 2. The number of halogens is 1. The Balaban J connectivity index is 2.29. The molecular weight excluding hydrogens is 355 g/mol. The number of fused-ring (bicyclic) bond motifs is 1. The summed E-state index contributed by atoms with van der Waals surface area (Å²) in [5, 5.41) is 0. The van der Waals surface area contributed by atoms with Gasteiger partial charge in [-0.15, -0.1) is 0 Å². The van der Waals surface area contributed by atoms with Crippen LogP contribution in [0.5, 0.6) is 0 Å². The Hall–Kier alpha value is -2.45. The molecule has 0 aliphatic rings. The fraction of sp³-hybridized carbons (Fsp3) is 0.278. The number of imidazole rings is 1. The lowest BCUT2D eigenvalue weighted by molar-refractivity contribution is 0.588. The van der Waals surface area contributed by atoms with E-state index in [1.54, 1.807) is 24.3 Å². The maximum atomic E-state index is 13.3. The molecule has 3 rings (SSSR count). The van der Waals surface area contributed by atoms with Gasteiger partial charge in [-0.3, -0.25) is 4.57 Å². The molecule has 0 saturated carbocycles. The first kappa shape index (κ1) is 18.3. The minimum Gasteiger partial charge on any atom is -0.343 e. The highest BCUT2D eigenvalue weighted by Crippen LogP contribution is 2.29. The molecular formula is C18H21FN4O2S. The van der Waals surface area contributed by atoms with E-state index < -0.39 is 10.0 Å². The number of anilines is 1. The minimum absolute atomic E-state index is 0.148. The maximum absolute atomic E-state index is 13.3. The predicted molar refractivity (Wildman–Crippen MR) is 101 cm³/mol. The van der Waals surface area contributed by atoms with Crippen molar-refractivity contribution in [3.63, 3.8) is 0 Å². The van der Waals surface area contributed by atoms with Crippen molar-refractivity contribution in [3.05, 3.63) is 48.3 Å². The molecule has 1 heterocycles. The highest BCUT2D eigenvalue weighted by molar-refractivity contribution is 7.89. The van der Waals surface area contributed by atoms with Gasteiger partial charge in [-0.2, -0.15) is 0 Å². The Morgan fingerprint density at radius 1 is 1.15 bits per heavy atom. The lowest BCUT2D eigenvalue weighted by atomic mass is 10.2. The van der Waals surface area contributed by atoms with Gasteiger partial charge in [-0.1, -0.05) is 0 Å². The first-order chi connectivity index (χ1) is 12.2. The molecule has 0 bridgehead atoms. The van der Waals surface area contributed by atoms with Gasteiger partial charge >= 0.3 is 0 Å². The summed E-state index contributed by atoms with van der Waals surface area (Å²) in [5.41, 5.74) is 2.04. The van der Waals surface area contributed by atoms with Crippen LogP contribution in [0.2, 0.25) is 0 Å². The third-order valence-electron chi connectivity index (χ3n) is 4.36. The molecule has 0 spiro atoms. The van der Waals surface area contributed by atoms with Crippen molar-refractivity contribution in [1.82, 2.24) is 14.3 Å². The zero-order valence-electron chi connectivity index (χ0n) is 15.1. The van der Waals surface area contributed by atoms with Gasteiger partial charge < -0.3 is 4.90 Å². The number of rotatable bonds is 5. The van der Waals surface area contributed by atoms with Crippen LogP contribution in [-0.2, 0) is 10.0 Å². The van der Waals surface area contributed by atoms with Crippen molar-refractivity contribution >= 4 is 27.0 Å². The van der Waals surface area contributed by atoms with E-state index in [2.05, 4.69) is 9.71 Å². The molecule has 1 aromatic heterocycles. The molecule has 0 radical (unpaired) electrons. The molecule has 0 aliphatic carbocycles. The Morgan fingerprint density at radius 3 is 2.38 bits per heavy atom. The van der Waals surface area contributed by atoms with Gasteiger partial charge in [0.25, 0.3) is 0 Å². The van der Waals surface area contributed by atoms with Crippen LogP contribution in [0.3, 0.4) is 0 Å². The molecule has 3 aromatic rings. The number of sulfonamides is 1. The monoisotopic (exact) mass is 376 g/mol. The summed E-state index contributed by atoms with van der Waals surface area (Å²) in [4.78, 5) is 6.77. The minimum atomic E-state index is -3.56. The van der Waals surface area contributed by atoms with Crippen LogP contribution in [0.15, 0.2) is 47.4 Å². The van der Waals surface area contributed by atoms with Crippen molar-refractivity contribution < 1.29 is 12.8 Å². The van der Waals surface area contributed by atoms with Crippen LogP contribution in [0.4, 0.5) is 10.3 Å². The molecule has 138 valence electrons. The van der Waals surface area contributed by atoms with Crippen LogP contribution in [0.25, 0.3) is 16.7 Å². The fourth-order valence-corrected chi connectivity index (χ4v) is 3.39. The first-order valence-corrected chi connectivity index (χ1v) is 9.67. The number of hydrogen-bond donors (Lipinski definition) is 1. The lowest BCUT2D eigenvalue weighted by Crippen LogP contribution is -2.28. The van der Waals surface area contributed by atoms with Gasteiger partial charge in [0.2, 0.25) is 16.0 Å². The average Bonchev–Trinajstić information content (AvgIpc) is 3.00. The summed E-state index contributed by atoms with van der Waals surface area (Å²) < 4.78 is 41.7. The van der Waals surface area contributed by atoms with Gasteiger partial charge in [0.15, 0.2) is 0 Å². The predicted octanol–water partition coefficient (Wildman–Crippen LogP) is 2.92. The highest BCUT2D eigenvalue weighted by atomic mass is 32.2. The van der Waals surface area contributed by atoms with Gasteiger partial charge in [-0.05, 0) is 63.4 Å². The summed E-state index contributed by atoms with van der Waals surface area (Å²) in [6.45, 7) is 4.07. The van der Waals surface area contributed by atoms with Gasteiger partial charge in [0.1, 0.15) is 5.82 Å². The molecule has 2 aromatic carbocycles. The normalized spacial score (nSPS) is 12.1. The number of aromatic nitrogens is 2. The molecule has 0 unspecified atom stereocenters. The first-order valence-electron chi connectivity index (χ1n) is 8.19. The maximum Gasteiger partial charge on any atom is 0.240 e. The molecule has 0 fully saturated rings. The van der Waals surface area contributed by atoms with Gasteiger partial charge in [0.05, 0.1) is 15.9 Å². The van der Waals surface area contributed by atoms with Crippen molar-refractivity contribution in [2.45, 2.75) is 24.8 Å². The number of nitrogens with zero attached hydrogens (tertiary/aromatic N) is 3. The topological polar surface area (TPSA) is 67.2 Å². The van der Waals surface area contributed by atoms with Crippen LogP contribution in [-0.4, -0.2) is 38.1 Å². The van der Waals surface area contributed by atoms with Gasteiger partial charge in [-0.25, -0.2) is 22.5 Å². The van der Waals surface area contributed by atoms with Crippen LogP contribution in [0.1, 0.15) is 13.8 Å². The number of nitrogens with one attached hydrogen (secondary N) is 1. The molecule has 6 nitrogen and oxygen atoms in total. The zero-order valence-corrected chi connectivity index (χ0v) is 15.9. The molecule has 0 aliphatic heterocycles. The Labute approximate surface area is 152 Å². The second-order valence-corrected chi connectivity index (χ2v) is 8.17. The summed E-state index contributed by atoms with van der Waals surface area (Å²) in [6.07, 6.45) is 0. The van der Waals surface area contributed by atoms with Crippen LogP contribution in [0, 0.1) is 5.82 Å². The third kappa shape index (κ3) is 3.17. The second kappa shape index (κ2) is 6.69. The standard InChI is InChI=1S/C18H21FN4O2S/c1-12(2)22(4)18-21-16-11-15(26(24,25)20-3)9-10-17(16)23(18)14-7-5-13(19)6-8-14/h5-12,20H,1-4H3. The lowest BCUT2D eigenvalue weighted by Gasteiger charge is -2.23. The van der Waals surface area contributed by atoms with E-state index in [1.807, 2.05) is 30.4 Å². The van der Waals surface area contributed by atoms with Gasteiger partial charge in [0, 0.05) is 18.8 Å².